The molecule has 44 valence electrons. The lowest BCUT2D eigenvalue weighted by atomic mass is 10.2. The van der Waals surface area contributed by atoms with Gasteiger partial charge >= 0.3 is 0 Å². The summed E-state index contributed by atoms with van der Waals surface area (Å²) in [6, 6.07) is -0.479. The van der Waals surface area contributed by atoms with Gasteiger partial charge in [0.15, 0.2) is 6.29 Å². The van der Waals surface area contributed by atoms with Crippen molar-refractivity contribution in [2.45, 2.75) is 12.5 Å². The molecule has 0 amide bonds. The van der Waals surface area contributed by atoms with E-state index >= 15 is 0 Å². The molecule has 1 N–H and O–H groups in total. The second kappa shape index (κ2) is 4.46. The van der Waals surface area contributed by atoms with Crippen molar-refractivity contribution in [1.82, 2.24) is 5.32 Å². The van der Waals surface area contributed by atoms with Crippen LogP contribution in [0, 0.1) is 0 Å². The molecule has 0 aliphatic carbocycles. The first-order valence-corrected chi connectivity index (χ1v) is 2.25. The molecule has 0 saturated heterocycles. The van der Waals surface area contributed by atoms with Crippen LogP contribution >= 0.6 is 0 Å². The summed E-state index contributed by atoms with van der Waals surface area (Å²) >= 11 is 0. The summed E-state index contributed by atoms with van der Waals surface area (Å²) in [5, 5.41) is 2.57. The summed E-state index contributed by atoms with van der Waals surface area (Å²) < 4.78 is 0. The summed E-state index contributed by atoms with van der Waals surface area (Å²) in [5.74, 6) is 0. The van der Waals surface area contributed by atoms with Crippen LogP contribution in [0.4, 0.5) is 0 Å². The zero-order chi connectivity index (χ0) is 6.41. The largest absolute Gasteiger partial charge is 0.310 e. The minimum Gasteiger partial charge on any atom is -0.310 e. The first-order chi connectivity index (χ1) is 3.85. The Morgan fingerprint density at radius 3 is 2.38 bits per heavy atom. The molecule has 0 bridgehead atoms. The number of hydrogen-bond acceptors (Lipinski definition) is 3. The van der Waals surface area contributed by atoms with Crippen molar-refractivity contribution in [1.29, 1.82) is 0 Å². The summed E-state index contributed by atoms with van der Waals surface area (Å²) in [4.78, 5) is 19.3. The average Bonchev–Trinajstić information content (AvgIpc) is 1.83. The molecule has 0 spiro atoms. The Balaban J connectivity index is 3.35. The van der Waals surface area contributed by atoms with E-state index in [0.29, 0.717) is 0 Å². The first kappa shape index (κ1) is 7.30. The highest BCUT2D eigenvalue weighted by Crippen LogP contribution is 1.78. The average molecular weight is 113 g/mol. The van der Waals surface area contributed by atoms with Gasteiger partial charge in [-0.25, -0.2) is 0 Å². The van der Waals surface area contributed by atoms with E-state index in [-0.39, 0.29) is 6.42 Å². The van der Waals surface area contributed by atoms with Crippen molar-refractivity contribution < 1.29 is 9.59 Å². The Morgan fingerprint density at radius 1 is 1.62 bits per heavy atom. The third-order valence-corrected chi connectivity index (χ3v) is 0.778. The van der Waals surface area contributed by atoms with Gasteiger partial charge in [-0.15, -0.1) is 0 Å². The Hall–Kier alpha value is -0.700. The van der Waals surface area contributed by atoms with E-state index in [2.05, 4.69) is 5.32 Å². The van der Waals surface area contributed by atoms with E-state index in [4.69, 9.17) is 0 Å². The highest BCUT2D eigenvalue weighted by Gasteiger charge is 2.01. The summed E-state index contributed by atoms with van der Waals surface area (Å²) in [6.45, 7) is 0. The van der Waals surface area contributed by atoms with Gasteiger partial charge < -0.3 is 5.32 Å². The normalized spacial score (nSPS) is 12.6. The van der Waals surface area contributed by atoms with Crippen molar-refractivity contribution in [2.24, 2.45) is 0 Å². The molecular weight excluding hydrogens is 106 g/mol. The third-order valence-electron chi connectivity index (χ3n) is 0.778. The smallest absolute Gasteiger partial charge is 0.217 e. The predicted octanol–water partition coefficient (Wildman–Crippen LogP) is -0.816. The monoisotopic (exact) mass is 113 g/mol. The van der Waals surface area contributed by atoms with E-state index in [1.807, 2.05) is 0 Å². The van der Waals surface area contributed by atoms with Gasteiger partial charge in [0.25, 0.3) is 0 Å². The minimum atomic E-state index is -0.479. The Bertz CT molecular complexity index is 82.5. The molecule has 0 rings (SSSR count). The molecule has 8 heavy (non-hydrogen) atoms. The van der Waals surface area contributed by atoms with Crippen molar-refractivity contribution in [3.05, 3.63) is 0 Å². The van der Waals surface area contributed by atoms with Gasteiger partial charge in [0, 0.05) is 6.42 Å². The fraction of sp³-hybridized carbons (Fsp3) is 0.600. The van der Waals surface area contributed by atoms with Gasteiger partial charge in [0.05, 0.1) is 6.04 Å². The SMILES string of the molecule is CNC([C]=O)C[C]=O. The molecule has 0 heterocycles. The molecule has 0 aliphatic heterocycles. The highest BCUT2D eigenvalue weighted by atomic mass is 16.1. The minimum absolute atomic E-state index is 0.0833. The molecular formula is C5H7NO2. The number of nitrogens with one attached hydrogen (secondary N) is 1. The standard InChI is InChI=1S/C5H7NO2/c1-6-5(4-8)2-3-7/h5-6H,2H2,1H3. The van der Waals surface area contributed by atoms with Crippen LogP contribution in [-0.2, 0) is 9.59 Å². The summed E-state index contributed by atoms with van der Waals surface area (Å²) in [7, 11) is 1.59. The van der Waals surface area contributed by atoms with Crippen LogP contribution in [0.15, 0.2) is 0 Å². The van der Waals surface area contributed by atoms with Crippen LogP contribution in [0.25, 0.3) is 0 Å². The van der Waals surface area contributed by atoms with Crippen LogP contribution < -0.4 is 5.32 Å². The molecule has 0 aromatic heterocycles. The molecule has 0 aromatic rings. The molecule has 0 aromatic carbocycles. The summed E-state index contributed by atoms with van der Waals surface area (Å²) in [5.41, 5.74) is 0. The predicted molar refractivity (Wildman–Crippen MR) is 28.9 cm³/mol. The van der Waals surface area contributed by atoms with Gasteiger partial charge in [-0.05, 0) is 7.05 Å². The second-order valence-electron chi connectivity index (χ2n) is 1.31. The van der Waals surface area contributed by atoms with E-state index in [0.717, 1.165) is 0 Å². The Morgan fingerprint density at radius 2 is 2.25 bits per heavy atom. The maximum atomic E-state index is 9.76. The lowest BCUT2D eigenvalue weighted by molar-refractivity contribution is 0.516. The van der Waals surface area contributed by atoms with Crippen LogP contribution in [0.3, 0.4) is 0 Å². The van der Waals surface area contributed by atoms with E-state index in [1.54, 1.807) is 19.6 Å². The molecule has 0 aliphatic rings. The number of rotatable bonds is 4. The van der Waals surface area contributed by atoms with Gasteiger partial charge in [-0.1, -0.05) is 0 Å². The highest BCUT2D eigenvalue weighted by molar-refractivity contribution is 5.65. The van der Waals surface area contributed by atoms with Crippen LogP contribution in [0.1, 0.15) is 6.42 Å². The zero-order valence-corrected chi connectivity index (χ0v) is 4.60. The quantitative estimate of drug-likeness (QED) is 0.518. The first-order valence-electron chi connectivity index (χ1n) is 2.25. The maximum Gasteiger partial charge on any atom is 0.217 e. The van der Waals surface area contributed by atoms with Gasteiger partial charge in [0.1, 0.15) is 0 Å². The molecule has 3 nitrogen and oxygen atoms in total. The Kier molecular flexibility index (Phi) is 4.07. The van der Waals surface area contributed by atoms with Gasteiger partial charge in [-0.2, -0.15) is 0 Å². The fourth-order valence-corrected chi connectivity index (χ4v) is 0.286. The van der Waals surface area contributed by atoms with E-state index < -0.39 is 6.04 Å². The zero-order valence-electron chi connectivity index (χ0n) is 4.60. The lowest BCUT2D eigenvalue weighted by Gasteiger charge is -1.98. The molecule has 1 unspecified atom stereocenters. The van der Waals surface area contributed by atoms with Crippen molar-refractivity contribution >= 4 is 12.6 Å². The van der Waals surface area contributed by atoms with E-state index in [9.17, 15) is 9.59 Å². The van der Waals surface area contributed by atoms with Crippen LogP contribution in [0.2, 0.25) is 0 Å². The van der Waals surface area contributed by atoms with E-state index in [1.165, 1.54) is 0 Å². The molecule has 0 saturated carbocycles. The van der Waals surface area contributed by atoms with Gasteiger partial charge in [-0.3, -0.25) is 9.59 Å². The van der Waals surface area contributed by atoms with Crippen LogP contribution in [-0.4, -0.2) is 25.7 Å². The maximum absolute atomic E-state index is 9.76. The number of hydrogen-bond donors (Lipinski definition) is 1. The third kappa shape index (κ3) is 2.47. The Labute approximate surface area is 48.1 Å². The second-order valence-corrected chi connectivity index (χ2v) is 1.31. The van der Waals surface area contributed by atoms with Gasteiger partial charge in [0.2, 0.25) is 6.29 Å². The number of likely N-dealkylation sites (N-methyl/N-ethyl adjacent to an activating group) is 1. The van der Waals surface area contributed by atoms with Crippen molar-refractivity contribution in [3.63, 3.8) is 0 Å². The topological polar surface area (TPSA) is 46.2 Å². The summed E-state index contributed by atoms with van der Waals surface area (Å²) in [6.07, 6.45) is 3.31. The molecule has 1 atom stereocenters. The molecule has 0 fully saturated rings. The molecule has 3 heteroatoms. The van der Waals surface area contributed by atoms with Crippen molar-refractivity contribution in [3.8, 4) is 0 Å². The molecule has 2 radical (unpaired) electrons. The fourth-order valence-electron chi connectivity index (χ4n) is 0.286. The lowest BCUT2D eigenvalue weighted by Crippen LogP contribution is -2.26. The van der Waals surface area contributed by atoms with Crippen molar-refractivity contribution in [2.75, 3.05) is 7.05 Å². The van der Waals surface area contributed by atoms with Crippen LogP contribution in [0.5, 0.6) is 0 Å². The number of carbonyl (C=O) groups excluding carboxylic acids is 2.